The zero-order chi connectivity index (χ0) is 23.1. The molecule has 0 unspecified atom stereocenters. The molecule has 0 saturated heterocycles. The summed E-state index contributed by atoms with van der Waals surface area (Å²) in [4.78, 5) is 34.8. The molecule has 1 aliphatic carbocycles. The van der Waals surface area contributed by atoms with E-state index in [0.717, 1.165) is 17.2 Å². The van der Waals surface area contributed by atoms with Gasteiger partial charge in [0.05, 0.1) is 0 Å². The van der Waals surface area contributed by atoms with E-state index in [1.54, 1.807) is 0 Å². The fourth-order valence-electron chi connectivity index (χ4n) is 3.85. The molecule has 3 N–H and O–H groups in total. The number of carboxylic acid groups (broad SMARTS) is 1. The molecule has 3 rings (SSSR count). The van der Waals surface area contributed by atoms with Crippen LogP contribution in [0.4, 0.5) is 4.79 Å². The van der Waals surface area contributed by atoms with Crippen LogP contribution in [-0.4, -0.2) is 42.8 Å². The standard InChI is InChI=1S/C25H28N2O5/c1-25(2,14-22(28)26-13-7-12-23(29)30)16-27-24(31)32-15-21-19-10-5-3-8-17(19)18-9-4-6-11-20(18)21/h3-12,21H,13-16H2,1-2H3,(H,26,28)(H,27,31)(H,29,30)/b12-7+. The summed E-state index contributed by atoms with van der Waals surface area (Å²) in [5.74, 6) is -1.29. The third kappa shape index (κ3) is 5.97. The second-order valence-corrected chi connectivity index (χ2v) is 8.56. The average Bonchev–Trinajstić information content (AvgIpc) is 3.07. The number of carboxylic acids is 1. The van der Waals surface area contributed by atoms with Gasteiger partial charge in [0.15, 0.2) is 0 Å². The normalized spacial score (nSPS) is 12.8. The van der Waals surface area contributed by atoms with Gasteiger partial charge in [0, 0.05) is 31.5 Å². The average molecular weight is 437 g/mol. The SMILES string of the molecule is CC(C)(CNC(=O)OCC1c2ccccc2-c2ccccc21)CC(=O)NC/C=C/C(=O)O. The molecule has 0 radical (unpaired) electrons. The van der Waals surface area contributed by atoms with E-state index in [-0.39, 0.29) is 37.9 Å². The van der Waals surface area contributed by atoms with Crippen molar-refractivity contribution >= 4 is 18.0 Å². The topological polar surface area (TPSA) is 105 Å². The van der Waals surface area contributed by atoms with Gasteiger partial charge < -0.3 is 20.5 Å². The lowest BCUT2D eigenvalue weighted by atomic mass is 9.89. The quantitative estimate of drug-likeness (QED) is 0.520. The molecule has 0 heterocycles. The number of hydrogen-bond donors (Lipinski definition) is 3. The first-order valence-corrected chi connectivity index (χ1v) is 10.5. The summed E-state index contributed by atoms with van der Waals surface area (Å²) in [7, 11) is 0. The first-order valence-electron chi connectivity index (χ1n) is 10.5. The Balaban J connectivity index is 1.48. The van der Waals surface area contributed by atoms with Crippen LogP contribution >= 0.6 is 0 Å². The predicted octanol–water partition coefficient (Wildman–Crippen LogP) is 3.70. The zero-order valence-corrected chi connectivity index (χ0v) is 18.3. The van der Waals surface area contributed by atoms with E-state index in [1.807, 2.05) is 38.1 Å². The highest BCUT2D eigenvalue weighted by atomic mass is 16.5. The maximum absolute atomic E-state index is 12.3. The number of carbonyl (C=O) groups excluding carboxylic acids is 2. The van der Waals surface area contributed by atoms with Gasteiger partial charge in [-0.2, -0.15) is 0 Å². The molecule has 0 aromatic heterocycles. The Morgan fingerprint density at radius 2 is 1.59 bits per heavy atom. The van der Waals surface area contributed by atoms with Crippen molar-refractivity contribution in [2.24, 2.45) is 5.41 Å². The number of ether oxygens (including phenoxy) is 1. The summed E-state index contributed by atoms with van der Waals surface area (Å²) < 4.78 is 5.53. The Labute approximate surface area is 187 Å². The van der Waals surface area contributed by atoms with Crippen LogP contribution in [0.15, 0.2) is 60.7 Å². The van der Waals surface area contributed by atoms with Crippen LogP contribution in [0.25, 0.3) is 11.1 Å². The van der Waals surface area contributed by atoms with Crippen LogP contribution in [-0.2, 0) is 14.3 Å². The number of fused-ring (bicyclic) bond motifs is 3. The van der Waals surface area contributed by atoms with Crippen molar-refractivity contribution in [2.75, 3.05) is 19.7 Å². The van der Waals surface area contributed by atoms with Gasteiger partial charge in [0.2, 0.25) is 5.91 Å². The number of alkyl carbamates (subject to hydrolysis) is 1. The highest BCUT2D eigenvalue weighted by molar-refractivity contribution is 5.80. The molecule has 2 aromatic carbocycles. The largest absolute Gasteiger partial charge is 0.478 e. The van der Waals surface area contributed by atoms with Crippen molar-refractivity contribution in [3.8, 4) is 11.1 Å². The minimum absolute atomic E-state index is 0.00852. The van der Waals surface area contributed by atoms with Crippen LogP contribution in [0.3, 0.4) is 0 Å². The summed E-state index contributed by atoms with van der Waals surface area (Å²) in [6, 6.07) is 16.3. The fraction of sp³-hybridized carbons (Fsp3) is 0.320. The third-order valence-electron chi connectivity index (χ3n) is 5.37. The minimum Gasteiger partial charge on any atom is -0.478 e. The molecule has 0 aliphatic heterocycles. The molecule has 168 valence electrons. The molecule has 0 fully saturated rings. The summed E-state index contributed by atoms with van der Waals surface area (Å²) in [6.07, 6.45) is 1.99. The second kappa shape index (κ2) is 10.1. The number of aliphatic carboxylic acids is 1. The van der Waals surface area contributed by atoms with Crippen LogP contribution in [0, 0.1) is 5.41 Å². The Hall–Kier alpha value is -3.61. The lowest BCUT2D eigenvalue weighted by Crippen LogP contribution is -2.38. The third-order valence-corrected chi connectivity index (χ3v) is 5.37. The molecule has 0 bridgehead atoms. The molecule has 2 amide bonds. The lowest BCUT2D eigenvalue weighted by Gasteiger charge is -2.24. The van der Waals surface area contributed by atoms with Crippen LogP contribution in [0.5, 0.6) is 0 Å². The molecule has 0 spiro atoms. The molecule has 1 aliphatic rings. The lowest BCUT2D eigenvalue weighted by molar-refractivity contribution is -0.131. The maximum atomic E-state index is 12.3. The van der Waals surface area contributed by atoms with E-state index < -0.39 is 17.5 Å². The highest BCUT2D eigenvalue weighted by Gasteiger charge is 2.29. The Morgan fingerprint density at radius 1 is 1.00 bits per heavy atom. The predicted molar refractivity (Wildman–Crippen MR) is 121 cm³/mol. The first kappa shape index (κ1) is 23.1. The van der Waals surface area contributed by atoms with Crippen molar-refractivity contribution in [1.82, 2.24) is 10.6 Å². The summed E-state index contributed by atoms with van der Waals surface area (Å²) in [6.45, 7) is 4.37. The molecular weight excluding hydrogens is 408 g/mol. The van der Waals surface area contributed by atoms with E-state index >= 15 is 0 Å². The Kier molecular flexibility index (Phi) is 7.30. The number of benzene rings is 2. The van der Waals surface area contributed by atoms with E-state index in [2.05, 4.69) is 34.9 Å². The Morgan fingerprint density at radius 3 is 2.19 bits per heavy atom. The second-order valence-electron chi connectivity index (χ2n) is 8.56. The van der Waals surface area contributed by atoms with Crippen molar-refractivity contribution < 1.29 is 24.2 Å². The van der Waals surface area contributed by atoms with Gasteiger partial charge in [-0.15, -0.1) is 0 Å². The molecule has 7 heteroatoms. The van der Waals surface area contributed by atoms with E-state index in [0.29, 0.717) is 0 Å². The van der Waals surface area contributed by atoms with E-state index in [4.69, 9.17) is 9.84 Å². The van der Waals surface area contributed by atoms with Crippen LogP contribution in [0.2, 0.25) is 0 Å². The van der Waals surface area contributed by atoms with Gasteiger partial charge in [-0.1, -0.05) is 68.5 Å². The van der Waals surface area contributed by atoms with Crippen molar-refractivity contribution in [2.45, 2.75) is 26.2 Å². The number of carbonyl (C=O) groups is 3. The van der Waals surface area contributed by atoms with Crippen molar-refractivity contribution in [1.29, 1.82) is 0 Å². The van der Waals surface area contributed by atoms with Gasteiger partial charge in [-0.3, -0.25) is 4.79 Å². The van der Waals surface area contributed by atoms with Crippen LogP contribution in [0.1, 0.15) is 37.3 Å². The molecule has 0 saturated carbocycles. The van der Waals surface area contributed by atoms with Gasteiger partial charge >= 0.3 is 12.1 Å². The fourth-order valence-corrected chi connectivity index (χ4v) is 3.85. The minimum atomic E-state index is -1.06. The summed E-state index contributed by atoms with van der Waals surface area (Å²) >= 11 is 0. The van der Waals surface area contributed by atoms with E-state index in [1.165, 1.54) is 17.2 Å². The van der Waals surface area contributed by atoms with Gasteiger partial charge in [-0.05, 0) is 27.7 Å². The highest BCUT2D eigenvalue weighted by Crippen LogP contribution is 2.44. The molecule has 2 aromatic rings. The van der Waals surface area contributed by atoms with Gasteiger partial charge in [-0.25, -0.2) is 9.59 Å². The Bertz CT molecular complexity index is 983. The number of nitrogens with one attached hydrogen (secondary N) is 2. The first-order chi connectivity index (χ1) is 15.3. The van der Waals surface area contributed by atoms with Crippen molar-refractivity contribution in [3.63, 3.8) is 0 Å². The van der Waals surface area contributed by atoms with Crippen molar-refractivity contribution in [3.05, 3.63) is 71.8 Å². The molecular formula is C25H28N2O5. The van der Waals surface area contributed by atoms with E-state index in [9.17, 15) is 14.4 Å². The zero-order valence-electron chi connectivity index (χ0n) is 18.3. The van der Waals surface area contributed by atoms with Gasteiger partial charge in [0.25, 0.3) is 0 Å². The van der Waals surface area contributed by atoms with Gasteiger partial charge in [0.1, 0.15) is 6.61 Å². The maximum Gasteiger partial charge on any atom is 0.407 e. The summed E-state index contributed by atoms with van der Waals surface area (Å²) in [5, 5.41) is 13.9. The number of amides is 2. The number of rotatable bonds is 9. The smallest absolute Gasteiger partial charge is 0.407 e. The molecule has 32 heavy (non-hydrogen) atoms. The molecule has 7 nitrogen and oxygen atoms in total. The molecule has 0 atom stereocenters. The van der Waals surface area contributed by atoms with Crippen LogP contribution < -0.4 is 10.6 Å². The monoisotopic (exact) mass is 436 g/mol. The number of hydrogen-bond acceptors (Lipinski definition) is 4. The summed E-state index contributed by atoms with van der Waals surface area (Å²) in [5.41, 5.74) is 4.14.